The summed E-state index contributed by atoms with van der Waals surface area (Å²) in [5.74, 6) is 0.680. The standard InChI is InChI=1S/C10H13BrClNOS/c1-2-13(6-3-5-12)10(14)9-8(11)4-7-15-9/h4,7H,2-3,5-6H2,1H3. The lowest BCUT2D eigenvalue weighted by molar-refractivity contribution is 0.0769. The van der Waals surface area contributed by atoms with E-state index in [-0.39, 0.29) is 5.91 Å². The average Bonchev–Trinajstić information content (AvgIpc) is 2.65. The van der Waals surface area contributed by atoms with E-state index in [1.165, 1.54) is 11.3 Å². The summed E-state index contributed by atoms with van der Waals surface area (Å²) in [5, 5.41) is 1.91. The number of thiophene rings is 1. The van der Waals surface area contributed by atoms with Crippen LogP contribution in [-0.4, -0.2) is 29.8 Å². The van der Waals surface area contributed by atoms with Gasteiger partial charge in [-0.15, -0.1) is 22.9 Å². The molecule has 84 valence electrons. The fourth-order valence-corrected chi connectivity index (χ4v) is 2.87. The largest absolute Gasteiger partial charge is 0.338 e. The molecule has 0 aliphatic rings. The fourth-order valence-electron chi connectivity index (χ4n) is 1.24. The number of carbonyl (C=O) groups excluding carboxylic acids is 1. The summed E-state index contributed by atoms with van der Waals surface area (Å²) in [4.78, 5) is 14.6. The van der Waals surface area contributed by atoms with Gasteiger partial charge in [-0.25, -0.2) is 0 Å². The first-order valence-electron chi connectivity index (χ1n) is 4.79. The van der Waals surface area contributed by atoms with Gasteiger partial charge in [0.05, 0.1) is 0 Å². The zero-order chi connectivity index (χ0) is 11.3. The number of hydrogen-bond acceptors (Lipinski definition) is 2. The number of nitrogens with zero attached hydrogens (tertiary/aromatic N) is 1. The number of hydrogen-bond donors (Lipinski definition) is 0. The molecular weight excluding hydrogens is 298 g/mol. The van der Waals surface area contributed by atoms with Crippen LogP contribution in [0.5, 0.6) is 0 Å². The molecule has 1 amide bonds. The SMILES string of the molecule is CCN(CCCCl)C(=O)c1sccc1Br. The van der Waals surface area contributed by atoms with Crippen LogP contribution in [0.25, 0.3) is 0 Å². The Hall–Kier alpha value is -0.0600. The van der Waals surface area contributed by atoms with E-state index in [0.29, 0.717) is 5.88 Å². The van der Waals surface area contributed by atoms with Crippen LogP contribution in [0, 0.1) is 0 Å². The van der Waals surface area contributed by atoms with Gasteiger partial charge in [-0.3, -0.25) is 4.79 Å². The predicted molar refractivity (Wildman–Crippen MR) is 68.9 cm³/mol. The Morgan fingerprint density at radius 2 is 2.40 bits per heavy atom. The van der Waals surface area contributed by atoms with E-state index in [2.05, 4.69) is 15.9 Å². The molecule has 15 heavy (non-hydrogen) atoms. The van der Waals surface area contributed by atoms with E-state index >= 15 is 0 Å². The highest BCUT2D eigenvalue weighted by Crippen LogP contribution is 2.24. The lowest BCUT2D eigenvalue weighted by Crippen LogP contribution is -2.31. The van der Waals surface area contributed by atoms with Crippen LogP contribution in [0.2, 0.25) is 0 Å². The number of rotatable bonds is 5. The summed E-state index contributed by atoms with van der Waals surface area (Å²) in [6, 6.07) is 1.90. The van der Waals surface area contributed by atoms with Gasteiger partial charge in [0.25, 0.3) is 5.91 Å². The minimum absolute atomic E-state index is 0.0875. The maximum atomic E-state index is 12.0. The molecule has 0 fully saturated rings. The van der Waals surface area contributed by atoms with Crippen molar-refractivity contribution in [3.05, 3.63) is 20.8 Å². The maximum Gasteiger partial charge on any atom is 0.265 e. The Morgan fingerprint density at radius 1 is 1.67 bits per heavy atom. The molecule has 0 aliphatic carbocycles. The first-order valence-corrected chi connectivity index (χ1v) is 6.99. The maximum absolute atomic E-state index is 12.0. The number of halogens is 2. The number of amides is 1. The molecular formula is C10H13BrClNOS. The van der Waals surface area contributed by atoms with Crippen LogP contribution in [0.4, 0.5) is 0 Å². The molecule has 1 aromatic rings. The molecule has 0 spiro atoms. The topological polar surface area (TPSA) is 20.3 Å². The quantitative estimate of drug-likeness (QED) is 0.761. The van der Waals surface area contributed by atoms with Crippen molar-refractivity contribution in [3.63, 3.8) is 0 Å². The first kappa shape index (κ1) is 13.0. The van der Waals surface area contributed by atoms with Crippen molar-refractivity contribution in [2.45, 2.75) is 13.3 Å². The molecule has 1 aromatic heterocycles. The Balaban J connectivity index is 2.69. The first-order chi connectivity index (χ1) is 7.20. The third kappa shape index (κ3) is 3.47. The van der Waals surface area contributed by atoms with Crippen LogP contribution >= 0.6 is 38.9 Å². The lowest BCUT2D eigenvalue weighted by Gasteiger charge is -2.19. The summed E-state index contributed by atoms with van der Waals surface area (Å²) in [5.41, 5.74) is 0. The Kier molecular flexibility index (Phi) is 5.64. The molecule has 0 aromatic carbocycles. The Labute approximate surface area is 107 Å². The van der Waals surface area contributed by atoms with Crippen molar-refractivity contribution in [1.82, 2.24) is 4.90 Å². The van der Waals surface area contributed by atoms with Gasteiger partial charge in [-0.2, -0.15) is 0 Å². The molecule has 0 N–H and O–H groups in total. The highest BCUT2D eigenvalue weighted by molar-refractivity contribution is 9.10. The smallest absolute Gasteiger partial charge is 0.265 e. The molecule has 0 aliphatic heterocycles. The van der Waals surface area contributed by atoms with E-state index in [1.807, 2.05) is 23.3 Å². The zero-order valence-electron chi connectivity index (χ0n) is 8.50. The van der Waals surface area contributed by atoms with Gasteiger partial charge in [0.15, 0.2) is 0 Å². The van der Waals surface area contributed by atoms with E-state index in [9.17, 15) is 4.79 Å². The zero-order valence-corrected chi connectivity index (χ0v) is 11.7. The summed E-state index contributed by atoms with van der Waals surface area (Å²) >= 11 is 10.5. The molecule has 5 heteroatoms. The van der Waals surface area contributed by atoms with Crippen LogP contribution in [-0.2, 0) is 0 Å². The van der Waals surface area contributed by atoms with Crippen LogP contribution < -0.4 is 0 Å². The number of carbonyl (C=O) groups is 1. The Morgan fingerprint density at radius 3 is 2.87 bits per heavy atom. The third-order valence-corrected chi connectivity index (χ3v) is 4.13. The third-order valence-electron chi connectivity index (χ3n) is 2.04. The lowest BCUT2D eigenvalue weighted by atomic mass is 10.3. The highest BCUT2D eigenvalue weighted by atomic mass is 79.9. The van der Waals surface area contributed by atoms with Crippen LogP contribution in [0.3, 0.4) is 0 Å². The average molecular weight is 311 g/mol. The molecule has 0 atom stereocenters. The fraction of sp³-hybridized carbons (Fsp3) is 0.500. The minimum atomic E-state index is 0.0875. The minimum Gasteiger partial charge on any atom is -0.338 e. The monoisotopic (exact) mass is 309 g/mol. The molecule has 1 rings (SSSR count). The summed E-state index contributed by atoms with van der Waals surface area (Å²) in [6.45, 7) is 3.43. The van der Waals surface area contributed by atoms with Crippen molar-refractivity contribution in [2.24, 2.45) is 0 Å². The van der Waals surface area contributed by atoms with Gasteiger partial charge >= 0.3 is 0 Å². The van der Waals surface area contributed by atoms with Crippen LogP contribution in [0.15, 0.2) is 15.9 Å². The second-order valence-electron chi connectivity index (χ2n) is 3.03. The van der Waals surface area contributed by atoms with Crippen molar-refractivity contribution in [1.29, 1.82) is 0 Å². The van der Waals surface area contributed by atoms with Crippen LogP contribution in [0.1, 0.15) is 23.0 Å². The summed E-state index contributed by atoms with van der Waals surface area (Å²) in [6.07, 6.45) is 0.837. The highest BCUT2D eigenvalue weighted by Gasteiger charge is 2.17. The molecule has 1 heterocycles. The van der Waals surface area contributed by atoms with Crippen molar-refractivity contribution < 1.29 is 4.79 Å². The molecule has 0 radical (unpaired) electrons. The normalized spacial score (nSPS) is 10.3. The van der Waals surface area contributed by atoms with Crippen molar-refractivity contribution in [3.8, 4) is 0 Å². The molecule has 2 nitrogen and oxygen atoms in total. The molecule has 0 unspecified atom stereocenters. The number of alkyl halides is 1. The second kappa shape index (κ2) is 6.51. The predicted octanol–water partition coefficient (Wildman–Crippen LogP) is 3.60. The Bertz CT molecular complexity index is 329. The van der Waals surface area contributed by atoms with E-state index in [4.69, 9.17) is 11.6 Å². The second-order valence-corrected chi connectivity index (χ2v) is 5.17. The van der Waals surface area contributed by atoms with Crippen molar-refractivity contribution in [2.75, 3.05) is 19.0 Å². The van der Waals surface area contributed by atoms with Gasteiger partial charge in [-0.05, 0) is 40.7 Å². The van der Waals surface area contributed by atoms with E-state index in [0.717, 1.165) is 28.9 Å². The molecule has 0 saturated carbocycles. The summed E-state index contributed by atoms with van der Waals surface area (Å²) < 4.78 is 0.877. The van der Waals surface area contributed by atoms with Gasteiger partial charge < -0.3 is 4.90 Å². The van der Waals surface area contributed by atoms with Gasteiger partial charge in [0.1, 0.15) is 4.88 Å². The summed E-state index contributed by atoms with van der Waals surface area (Å²) in [7, 11) is 0. The molecule has 0 bridgehead atoms. The van der Waals surface area contributed by atoms with Gasteiger partial charge in [0.2, 0.25) is 0 Å². The van der Waals surface area contributed by atoms with Gasteiger partial charge in [0, 0.05) is 23.4 Å². The van der Waals surface area contributed by atoms with E-state index in [1.54, 1.807) is 0 Å². The van der Waals surface area contributed by atoms with E-state index < -0.39 is 0 Å². The van der Waals surface area contributed by atoms with Crippen molar-refractivity contribution >= 4 is 44.8 Å². The molecule has 0 saturated heterocycles. The van der Waals surface area contributed by atoms with Gasteiger partial charge in [-0.1, -0.05) is 0 Å².